The van der Waals surface area contributed by atoms with Crippen LogP contribution in [-0.4, -0.2) is 41.5 Å². The number of ether oxygens (including phenoxy) is 1. The van der Waals surface area contributed by atoms with Gasteiger partial charge in [-0.15, -0.1) is 11.8 Å². The summed E-state index contributed by atoms with van der Waals surface area (Å²) >= 11 is 2.73. The molecule has 3 aromatic carbocycles. The van der Waals surface area contributed by atoms with Gasteiger partial charge in [-0.25, -0.2) is 9.69 Å². The Morgan fingerprint density at radius 2 is 1.68 bits per heavy atom. The van der Waals surface area contributed by atoms with Crippen LogP contribution in [0.1, 0.15) is 39.6 Å². The molecule has 1 fully saturated rings. The highest BCUT2D eigenvalue weighted by atomic mass is 32.2. The van der Waals surface area contributed by atoms with Crippen LogP contribution >= 0.6 is 23.1 Å². The van der Waals surface area contributed by atoms with Crippen LogP contribution in [0, 0.1) is 0 Å². The van der Waals surface area contributed by atoms with Gasteiger partial charge in [0.25, 0.3) is 11.8 Å². The van der Waals surface area contributed by atoms with E-state index in [1.165, 1.54) is 35.2 Å². The van der Waals surface area contributed by atoms with Crippen molar-refractivity contribution in [3.8, 4) is 0 Å². The Kier molecular flexibility index (Phi) is 9.68. The lowest BCUT2D eigenvalue weighted by atomic mass is 10.2. The van der Waals surface area contributed by atoms with Crippen LogP contribution in [0.5, 0.6) is 0 Å². The third-order valence-corrected chi connectivity index (χ3v) is 8.41. The summed E-state index contributed by atoms with van der Waals surface area (Å²) < 4.78 is 4.98. The first-order valence-electron chi connectivity index (χ1n) is 13.6. The number of hydrogen-bond acceptors (Lipinski definition) is 8. The van der Waals surface area contributed by atoms with Crippen molar-refractivity contribution in [2.75, 3.05) is 16.8 Å². The number of nitrogens with zero attached hydrogens (tertiary/aromatic N) is 1. The first-order valence-corrected chi connectivity index (χ1v) is 15.5. The molecule has 44 heavy (non-hydrogen) atoms. The van der Waals surface area contributed by atoms with Gasteiger partial charge in [-0.05, 0) is 96.1 Å². The summed E-state index contributed by atoms with van der Waals surface area (Å²) in [6.45, 7) is 1.96. The van der Waals surface area contributed by atoms with Crippen molar-refractivity contribution in [3.05, 3.63) is 118 Å². The van der Waals surface area contributed by atoms with Crippen LogP contribution in [0.15, 0.2) is 106 Å². The Bertz CT molecular complexity index is 1700. The smallest absolute Gasteiger partial charge is 0.338 e. The van der Waals surface area contributed by atoms with E-state index >= 15 is 0 Å². The molecular formula is C33H27N3O6S2. The summed E-state index contributed by atoms with van der Waals surface area (Å²) in [6.07, 6.45) is 1.63. The number of hydrogen-bond donors (Lipinski definition) is 2. The molecule has 1 saturated heterocycles. The molecule has 5 rings (SSSR count). The molecule has 0 radical (unpaired) electrons. The van der Waals surface area contributed by atoms with Gasteiger partial charge in [-0.2, -0.15) is 11.3 Å². The second kappa shape index (κ2) is 14.0. The highest BCUT2D eigenvalue weighted by Crippen LogP contribution is 2.34. The Balaban J connectivity index is 1.23. The predicted molar refractivity (Wildman–Crippen MR) is 170 cm³/mol. The van der Waals surface area contributed by atoms with Crippen molar-refractivity contribution in [3.63, 3.8) is 0 Å². The summed E-state index contributed by atoms with van der Waals surface area (Å²) in [6, 6.07) is 23.5. The number of esters is 1. The number of anilines is 2. The number of amides is 4. The highest BCUT2D eigenvalue weighted by molar-refractivity contribution is 8.00. The maximum absolute atomic E-state index is 13.2. The number of imide groups is 1. The van der Waals surface area contributed by atoms with E-state index in [0.717, 1.165) is 15.4 Å². The second-order valence-electron chi connectivity index (χ2n) is 9.56. The Hall–Kier alpha value is -5.00. The number of thioether (sulfide) groups is 1. The van der Waals surface area contributed by atoms with Crippen LogP contribution < -0.4 is 15.5 Å². The van der Waals surface area contributed by atoms with E-state index in [2.05, 4.69) is 10.6 Å². The molecule has 1 atom stereocenters. The SMILES string of the molecule is CCOC(=O)c1ccc(N2C(=O)CC(Sc3ccc(NC(=O)/C(=C/c4ccsc4)NC(=O)c4ccccc4)cc3)C2=O)cc1. The summed E-state index contributed by atoms with van der Waals surface area (Å²) in [5.41, 5.74) is 2.49. The fourth-order valence-electron chi connectivity index (χ4n) is 4.37. The minimum Gasteiger partial charge on any atom is -0.462 e. The van der Waals surface area contributed by atoms with E-state index < -0.39 is 23.0 Å². The van der Waals surface area contributed by atoms with E-state index in [0.29, 0.717) is 22.5 Å². The lowest BCUT2D eigenvalue weighted by molar-refractivity contribution is -0.121. The Morgan fingerprint density at radius 3 is 2.34 bits per heavy atom. The van der Waals surface area contributed by atoms with Gasteiger partial charge in [0, 0.05) is 22.6 Å². The average Bonchev–Trinajstić information content (AvgIpc) is 3.65. The van der Waals surface area contributed by atoms with Crippen LogP contribution in [-0.2, 0) is 19.1 Å². The van der Waals surface area contributed by atoms with E-state index in [-0.39, 0.29) is 30.5 Å². The zero-order chi connectivity index (χ0) is 31.1. The molecule has 2 N–H and O–H groups in total. The lowest BCUT2D eigenvalue weighted by Gasteiger charge is -2.15. The fraction of sp³-hybridized carbons (Fsp3) is 0.121. The molecule has 1 aromatic heterocycles. The number of carbonyl (C=O) groups excluding carboxylic acids is 5. The molecule has 1 aliphatic rings. The predicted octanol–water partition coefficient (Wildman–Crippen LogP) is 5.76. The van der Waals surface area contributed by atoms with Crippen molar-refractivity contribution in [1.29, 1.82) is 0 Å². The molecule has 1 aliphatic heterocycles. The van der Waals surface area contributed by atoms with Crippen LogP contribution in [0.2, 0.25) is 0 Å². The maximum Gasteiger partial charge on any atom is 0.338 e. The van der Waals surface area contributed by atoms with Gasteiger partial charge in [-0.1, -0.05) is 18.2 Å². The third-order valence-electron chi connectivity index (χ3n) is 6.52. The van der Waals surface area contributed by atoms with Crippen LogP contribution in [0.4, 0.5) is 11.4 Å². The fourth-order valence-corrected chi connectivity index (χ4v) is 6.05. The second-order valence-corrected chi connectivity index (χ2v) is 11.6. The summed E-state index contributed by atoms with van der Waals surface area (Å²) in [5.74, 6) is -2.06. The Morgan fingerprint density at radius 1 is 0.955 bits per heavy atom. The minimum atomic E-state index is -0.624. The van der Waals surface area contributed by atoms with Crippen molar-refractivity contribution < 1.29 is 28.7 Å². The van der Waals surface area contributed by atoms with Gasteiger partial charge in [0.05, 0.1) is 23.1 Å². The van der Waals surface area contributed by atoms with Gasteiger partial charge in [0.2, 0.25) is 11.8 Å². The van der Waals surface area contributed by atoms with E-state index in [9.17, 15) is 24.0 Å². The van der Waals surface area contributed by atoms with Gasteiger partial charge in [0.1, 0.15) is 5.70 Å². The third kappa shape index (κ3) is 7.31. The molecule has 0 bridgehead atoms. The van der Waals surface area contributed by atoms with Crippen molar-refractivity contribution in [1.82, 2.24) is 5.32 Å². The molecule has 9 nitrogen and oxygen atoms in total. The van der Waals surface area contributed by atoms with Crippen LogP contribution in [0.25, 0.3) is 6.08 Å². The lowest BCUT2D eigenvalue weighted by Crippen LogP contribution is -2.31. The summed E-state index contributed by atoms with van der Waals surface area (Å²) in [5, 5.41) is 8.63. The van der Waals surface area contributed by atoms with Crippen molar-refractivity contribution >= 4 is 70.1 Å². The molecule has 222 valence electrons. The van der Waals surface area contributed by atoms with Gasteiger partial charge in [0.15, 0.2) is 0 Å². The van der Waals surface area contributed by atoms with Crippen LogP contribution in [0.3, 0.4) is 0 Å². The first-order chi connectivity index (χ1) is 21.3. The molecule has 4 amide bonds. The Labute approximate surface area is 261 Å². The number of benzene rings is 3. The topological polar surface area (TPSA) is 122 Å². The van der Waals surface area contributed by atoms with E-state index in [1.807, 2.05) is 16.8 Å². The molecule has 11 heteroatoms. The van der Waals surface area contributed by atoms with Crippen molar-refractivity contribution in [2.24, 2.45) is 0 Å². The molecule has 2 heterocycles. The van der Waals surface area contributed by atoms with Gasteiger partial charge in [-0.3, -0.25) is 19.2 Å². The van der Waals surface area contributed by atoms with Gasteiger partial charge >= 0.3 is 5.97 Å². The molecule has 4 aromatic rings. The standard InChI is InChI=1S/C33H27N3O6S2/c1-2-42-33(41)23-8-12-25(13-9-23)36-29(37)19-28(32(36)40)44-26-14-10-24(11-15-26)34-31(39)27(18-21-16-17-43-20-21)35-30(38)22-6-4-3-5-7-22/h3-18,20,28H,2,19H2,1H3,(H,34,39)(H,35,38)/b27-18-. The minimum absolute atomic E-state index is 0.0272. The first kappa shape index (κ1) is 30.5. The normalized spacial score (nSPS) is 14.8. The highest BCUT2D eigenvalue weighted by Gasteiger charge is 2.40. The molecule has 0 spiro atoms. The quantitative estimate of drug-likeness (QED) is 0.131. The van der Waals surface area contributed by atoms with E-state index in [1.54, 1.807) is 79.7 Å². The maximum atomic E-state index is 13.2. The number of thiophene rings is 1. The molecular weight excluding hydrogens is 599 g/mol. The average molecular weight is 626 g/mol. The summed E-state index contributed by atoms with van der Waals surface area (Å²) in [7, 11) is 0. The monoisotopic (exact) mass is 625 g/mol. The largest absolute Gasteiger partial charge is 0.462 e. The zero-order valence-corrected chi connectivity index (χ0v) is 25.2. The summed E-state index contributed by atoms with van der Waals surface area (Å²) in [4.78, 5) is 65.7. The van der Waals surface area contributed by atoms with Gasteiger partial charge < -0.3 is 15.4 Å². The zero-order valence-electron chi connectivity index (χ0n) is 23.5. The van der Waals surface area contributed by atoms with E-state index in [4.69, 9.17) is 4.74 Å². The van der Waals surface area contributed by atoms with Crippen molar-refractivity contribution in [2.45, 2.75) is 23.5 Å². The molecule has 0 aliphatic carbocycles. The number of nitrogens with one attached hydrogen (secondary N) is 2. The number of carbonyl (C=O) groups is 5. The molecule has 1 unspecified atom stereocenters. The number of rotatable bonds is 10. The molecule has 0 saturated carbocycles.